The number of benzene rings is 1. The number of sulfone groups is 1. The largest absolute Gasteiger partial charge is 0.497 e. The van der Waals surface area contributed by atoms with Crippen LogP contribution in [-0.4, -0.2) is 71.6 Å². The molecule has 0 saturated carbocycles. The molecule has 2 atom stereocenters. The maximum Gasteiger partial charge on any atom is 0.191 e. The van der Waals surface area contributed by atoms with Gasteiger partial charge in [-0.2, -0.15) is 0 Å². The molecule has 2 unspecified atom stereocenters. The normalized spacial score (nSPS) is 14.2. The number of methoxy groups -OCH3 is 1. The molecule has 0 aliphatic carbocycles. The van der Waals surface area contributed by atoms with Crippen LogP contribution in [0.2, 0.25) is 0 Å². The van der Waals surface area contributed by atoms with E-state index >= 15 is 0 Å². The highest BCUT2D eigenvalue weighted by molar-refractivity contribution is 14.0. The number of hydrogen-bond donors (Lipinski definition) is 2. The third-order valence-electron chi connectivity index (χ3n) is 4.20. The molecule has 0 spiro atoms. The summed E-state index contributed by atoms with van der Waals surface area (Å²) < 4.78 is 27.9. The third-order valence-corrected chi connectivity index (χ3v) is 5.17. The predicted molar refractivity (Wildman–Crippen MR) is 128 cm³/mol. The predicted octanol–water partition coefficient (Wildman–Crippen LogP) is 2.29. The fraction of sp³-hybridized carbons (Fsp3) is 0.632. The zero-order valence-electron chi connectivity index (χ0n) is 17.7. The summed E-state index contributed by atoms with van der Waals surface area (Å²) in [5, 5.41) is 6.52. The van der Waals surface area contributed by atoms with Crippen LogP contribution in [0.15, 0.2) is 29.3 Å². The molecule has 0 radical (unpaired) electrons. The van der Waals surface area contributed by atoms with Crippen molar-refractivity contribution in [3.8, 4) is 5.75 Å². The summed E-state index contributed by atoms with van der Waals surface area (Å²) in [5.41, 5.74) is 1.16. The van der Waals surface area contributed by atoms with Gasteiger partial charge in [-0.05, 0) is 52.1 Å². The summed E-state index contributed by atoms with van der Waals surface area (Å²) in [7, 11) is 2.75. The number of halogens is 1. The van der Waals surface area contributed by atoms with Gasteiger partial charge in [0.1, 0.15) is 15.6 Å². The van der Waals surface area contributed by atoms with Crippen LogP contribution in [0.4, 0.5) is 0 Å². The van der Waals surface area contributed by atoms with Gasteiger partial charge in [-0.1, -0.05) is 12.1 Å². The minimum Gasteiger partial charge on any atom is -0.497 e. The molecule has 28 heavy (non-hydrogen) atoms. The average Bonchev–Trinajstić information content (AvgIpc) is 2.60. The van der Waals surface area contributed by atoms with E-state index in [1.165, 1.54) is 6.26 Å². The van der Waals surface area contributed by atoms with Crippen LogP contribution in [0.3, 0.4) is 0 Å². The van der Waals surface area contributed by atoms with Gasteiger partial charge in [0.25, 0.3) is 0 Å². The lowest BCUT2D eigenvalue weighted by Gasteiger charge is -2.24. The molecule has 7 nitrogen and oxygen atoms in total. The Morgan fingerprint density at radius 3 is 2.32 bits per heavy atom. The Kier molecular flexibility index (Phi) is 12.7. The van der Waals surface area contributed by atoms with E-state index in [9.17, 15) is 8.42 Å². The van der Waals surface area contributed by atoms with Crippen LogP contribution in [0.25, 0.3) is 0 Å². The van der Waals surface area contributed by atoms with Crippen molar-refractivity contribution < 1.29 is 13.2 Å². The second kappa shape index (κ2) is 13.2. The highest BCUT2D eigenvalue weighted by Crippen LogP contribution is 2.21. The number of hydrogen-bond acceptors (Lipinski definition) is 5. The summed E-state index contributed by atoms with van der Waals surface area (Å²) in [5.74, 6) is 1.68. The van der Waals surface area contributed by atoms with Crippen molar-refractivity contribution in [3.05, 3.63) is 29.8 Å². The van der Waals surface area contributed by atoms with E-state index in [2.05, 4.69) is 15.5 Å². The fourth-order valence-corrected chi connectivity index (χ4v) is 3.37. The molecule has 0 aliphatic heterocycles. The number of nitrogens with zero attached hydrogens (tertiary/aromatic N) is 2. The molecule has 0 amide bonds. The first-order valence-electron chi connectivity index (χ1n) is 9.19. The van der Waals surface area contributed by atoms with Crippen LogP contribution in [0, 0.1) is 0 Å². The van der Waals surface area contributed by atoms with Crippen molar-refractivity contribution in [2.75, 3.05) is 46.3 Å². The van der Waals surface area contributed by atoms with E-state index in [1.807, 2.05) is 52.2 Å². The monoisotopic (exact) mass is 526 g/mol. The Labute approximate surface area is 187 Å². The van der Waals surface area contributed by atoms with E-state index in [0.717, 1.165) is 17.9 Å². The molecule has 2 N–H and O–H groups in total. The minimum atomic E-state index is -2.96. The first-order chi connectivity index (χ1) is 12.7. The maximum absolute atomic E-state index is 11.4. The van der Waals surface area contributed by atoms with E-state index < -0.39 is 9.84 Å². The number of aliphatic imine (C=N–C) groups is 1. The van der Waals surface area contributed by atoms with Gasteiger partial charge < -0.3 is 20.3 Å². The second-order valence-electron chi connectivity index (χ2n) is 6.94. The van der Waals surface area contributed by atoms with E-state index in [0.29, 0.717) is 18.9 Å². The van der Waals surface area contributed by atoms with Crippen molar-refractivity contribution in [3.63, 3.8) is 0 Å². The Morgan fingerprint density at radius 2 is 1.86 bits per heavy atom. The maximum atomic E-state index is 11.4. The smallest absolute Gasteiger partial charge is 0.191 e. The number of nitrogens with one attached hydrogen (secondary N) is 2. The zero-order valence-corrected chi connectivity index (χ0v) is 20.9. The van der Waals surface area contributed by atoms with E-state index in [-0.39, 0.29) is 41.8 Å². The molecule has 0 saturated heterocycles. The lowest BCUT2D eigenvalue weighted by atomic mass is 10.1. The average molecular weight is 526 g/mol. The lowest BCUT2D eigenvalue weighted by Crippen LogP contribution is -2.43. The quantitative estimate of drug-likeness (QED) is 0.277. The molecule has 1 aromatic carbocycles. The van der Waals surface area contributed by atoms with Crippen LogP contribution in [-0.2, 0) is 9.84 Å². The van der Waals surface area contributed by atoms with Gasteiger partial charge in [-0.3, -0.25) is 4.99 Å². The summed E-state index contributed by atoms with van der Waals surface area (Å²) in [4.78, 5) is 6.84. The van der Waals surface area contributed by atoms with Gasteiger partial charge in [0.2, 0.25) is 0 Å². The van der Waals surface area contributed by atoms with Crippen LogP contribution in [0.1, 0.15) is 31.9 Å². The van der Waals surface area contributed by atoms with Gasteiger partial charge in [0.05, 0.1) is 25.4 Å². The third kappa shape index (κ3) is 10.5. The van der Waals surface area contributed by atoms with Gasteiger partial charge in [-0.25, -0.2) is 8.42 Å². The van der Waals surface area contributed by atoms with Gasteiger partial charge >= 0.3 is 0 Å². The number of rotatable bonds is 10. The highest BCUT2D eigenvalue weighted by Gasteiger charge is 2.15. The van der Waals surface area contributed by atoms with Crippen molar-refractivity contribution in [1.29, 1.82) is 0 Å². The Morgan fingerprint density at radius 1 is 1.25 bits per heavy atom. The second-order valence-corrected chi connectivity index (χ2v) is 9.20. The molecular weight excluding hydrogens is 491 g/mol. The van der Waals surface area contributed by atoms with E-state index in [4.69, 9.17) is 9.73 Å². The first-order valence-corrected chi connectivity index (χ1v) is 11.2. The van der Waals surface area contributed by atoms with Crippen LogP contribution < -0.4 is 15.4 Å². The molecule has 0 fully saturated rings. The molecule has 162 valence electrons. The Hall–Kier alpha value is -1.07. The highest BCUT2D eigenvalue weighted by atomic mass is 127. The summed E-state index contributed by atoms with van der Waals surface area (Å²) >= 11 is 0. The Bertz CT molecular complexity index is 694. The summed E-state index contributed by atoms with van der Waals surface area (Å²) in [6.45, 7) is 5.28. The molecular formula is C19H35IN4O3S. The molecule has 0 bridgehead atoms. The minimum absolute atomic E-state index is 0. The number of guanidine groups is 1. The van der Waals surface area contributed by atoms with Crippen LogP contribution >= 0.6 is 24.0 Å². The first kappa shape index (κ1) is 26.9. The van der Waals surface area contributed by atoms with Crippen molar-refractivity contribution in [1.82, 2.24) is 15.5 Å². The zero-order chi connectivity index (χ0) is 20.4. The Balaban J connectivity index is 0.00000729. The fourth-order valence-electron chi connectivity index (χ4n) is 2.59. The standard InChI is InChI=1S/C19H34N4O3S.HI/c1-7-20-19(22-15(2)12-13-27(6,24)25)21-14-18(23(3)4)16-8-10-17(26-5)11-9-16;/h8-11,15,18H,7,12-14H2,1-6H3,(H2,20,21,22);1H. The lowest BCUT2D eigenvalue weighted by molar-refractivity contribution is 0.306. The molecule has 1 aromatic rings. The topological polar surface area (TPSA) is 83.0 Å². The molecule has 0 aliphatic rings. The van der Waals surface area contributed by atoms with Gasteiger partial charge in [-0.15, -0.1) is 24.0 Å². The summed E-state index contributed by atoms with van der Waals surface area (Å²) in [6.07, 6.45) is 1.80. The molecule has 0 aromatic heterocycles. The van der Waals surface area contributed by atoms with Crippen molar-refractivity contribution in [2.45, 2.75) is 32.4 Å². The summed E-state index contributed by atoms with van der Waals surface area (Å²) in [6, 6.07) is 8.13. The van der Waals surface area contributed by atoms with Crippen molar-refractivity contribution in [2.24, 2.45) is 4.99 Å². The number of likely N-dealkylation sites (N-methyl/N-ethyl adjacent to an activating group) is 1. The van der Waals surface area contributed by atoms with Gasteiger partial charge in [0.15, 0.2) is 5.96 Å². The van der Waals surface area contributed by atoms with Crippen LogP contribution in [0.5, 0.6) is 5.75 Å². The number of ether oxygens (including phenoxy) is 1. The van der Waals surface area contributed by atoms with Gasteiger partial charge in [0, 0.05) is 18.8 Å². The molecule has 9 heteroatoms. The molecule has 1 rings (SSSR count). The molecule has 0 heterocycles. The van der Waals surface area contributed by atoms with Crippen molar-refractivity contribution >= 4 is 39.8 Å². The SMILES string of the molecule is CCNC(=NCC(c1ccc(OC)cc1)N(C)C)NC(C)CCS(C)(=O)=O.I. The van der Waals surface area contributed by atoms with E-state index in [1.54, 1.807) is 7.11 Å².